The van der Waals surface area contributed by atoms with Gasteiger partial charge in [-0.1, -0.05) is 26.0 Å². The second-order valence-corrected chi connectivity index (χ2v) is 4.85. The minimum atomic E-state index is -0.0287. The van der Waals surface area contributed by atoms with Crippen LogP contribution in [0.3, 0.4) is 0 Å². The number of hydrogen-bond donors (Lipinski definition) is 0. The van der Waals surface area contributed by atoms with Gasteiger partial charge in [-0.05, 0) is 29.7 Å². The van der Waals surface area contributed by atoms with Gasteiger partial charge in [-0.2, -0.15) is 0 Å². The van der Waals surface area contributed by atoms with E-state index in [1.165, 1.54) is 5.56 Å². The lowest BCUT2D eigenvalue weighted by Crippen LogP contribution is -2.45. The molecule has 0 radical (unpaired) electrons. The average molecular weight is 257 g/mol. The molecular weight excluding hydrogens is 238 g/mol. The van der Waals surface area contributed by atoms with E-state index in [1.807, 2.05) is 18.2 Å². The molecule has 1 amide bonds. The zero-order valence-electron chi connectivity index (χ0n) is 11.6. The molecule has 19 heavy (non-hydrogen) atoms. The highest BCUT2D eigenvalue weighted by Crippen LogP contribution is 2.21. The Balaban J connectivity index is 2.26. The van der Waals surface area contributed by atoms with Gasteiger partial charge in [-0.15, -0.1) is 0 Å². The Morgan fingerprint density at radius 2 is 2.00 bits per heavy atom. The van der Waals surface area contributed by atoms with E-state index in [0.717, 1.165) is 5.69 Å². The summed E-state index contributed by atoms with van der Waals surface area (Å²) in [4.78, 5) is 15.9. The maximum atomic E-state index is 11.9. The van der Waals surface area contributed by atoms with E-state index in [9.17, 15) is 4.79 Å². The van der Waals surface area contributed by atoms with E-state index in [0.29, 0.717) is 12.5 Å². The van der Waals surface area contributed by atoms with Crippen molar-refractivity contribution in [1.29, 1.82) is 0 Å². The van der Waals surface area contributed by atoms with E-state index >= 15 is 0 Å². The molecule has 0 bridgehead atoms. The number of nitrogens with zero attached hydrogens (tertiary/aromatic N) is 3. The molecule has 2 rings (SSSR count). The smallest absolute Gasteiger partial charge is 0.242 e. The van der Waals surface area contributed by atoms with Crippen LogP contribution in [0.15, 0.2) is 41.5 Å². The molecule has 1 heterocycles. The third-order valence-electron chi connectivity index (χ3n) is 3.04. The van der Waals surface area contributed by atoms with Crippen LogP contribution in [0.5, 0.6) is 0 Å². The van der Waals surface area contributed by atoms with Crippen LogP contribution in [-0.4, -0.2) is 23.8 Å². The molecule has 1 aromatic rings. The number of hydrazine groups is 1. The molecule has 0 atom stereocenters. The standard InChI is InChI=1S/C15H19N3O/c1-12(2)14-5-7-15(8-6-14)18(13(3)19)17-10-4-9-16-11-17/h4-9,11-12H,10H2,1-3H3. The monoisotopic (exact) mass is 257 g/mol. The van der Waals surface area contributed by atoms with Gasteiger partial charge in [-0.25, -0.2) is 10.0 Å². The highest BCUT2D eigenvalue weighted by Gasteiger charge is 2.18. The normalized spacial score (nSPS) is 14.0. The lowest BCUT2D eigenvalue weighted by atomic mass is 10.0. The van der Waals surface area contributed by atoms with Crippen molar-refractivity contribution in [3.05, 3.63) is 42.1 Å². The molecule has 0 spiro atoms. The number of amides is 1. The minimum absolute atomic E-state index is 0.0287. The highest BCUT2D eigenvalue weighted by atomic mass is 16.2. The van der Waals surface area contributed by atoms with Crippen LogP contribution < -0.4 is 5.01 Å². The van der Waals surface area contributed by atoms with Crippen molar-refractivity contribution in [2.45, 2.75) is 26.7 Å². The molecule has 0 aromatic heterocycles. The van der Waals surface area contributed by atoms with E-state index in [-0.39, 0.29) is 5.91 Å². The van der Waals surface area contributed by atoms with Crippen molar-refractivity contribution in [2.75, 3.05) is 11.6 Å². The van der Waals surface area contributed by atoms with Crippen molar-refractivity contribution in [1.82, 2.24) is 5.01 Å². The number of rotatable bonds is 3. The summed E-state index contributed by atoms with van der Waals surface area (Å²) in [6.45, 7) is 6.51. The van der Waals surface area contributed by atoms with Crippen LogP contribution in [0, 0.1) is 0 Å². The summed E-state index contributed by atoms with van der Waals surface area (Å²) in [6.07, 6.45) is 5.31. The number of aliphatic imine (C=N–C) groups is 1. The van der Waals surface area contributed by atoms with Crippen LogP contribution in [0.4, 0.5) is 5.69 Å². The van der Waals surface area contributed by atoms with Gasteiger partial charge in [0.1, 0.15) is 6.34 Å². The first-order valence-corrected chi connectivity index (χ1v) is 6.45. The minimum Gasteiger partial charge on any atom is -0.273 e. The summed E-state index contributed by atoms with van der Waals surface area (Å²) >= 11 is 0. The molecule has 1 aromatic carbocycles. The fourth-order valence-electron chi connectivity index (χ4n) is 2.02. The molecule has 4 heteroatoms. The van der Waals surface area contributed by atoms with Crippen LogP contribution in [0.25, 0.3) is 0 Å². The topological polar surface area (TPSA) is 35.9 Å². The first-order valence-electron chi connectivity index (χ1n) is 6.45. The number of anilines is 1. The zero-order chi connectivity index (χ0) is 13.8. The molecule has 4 nitrogen and oxygen atoms in total. The Morgan fingerprint density at radius 1 is 1.32 bits per heavy atom. The largest absolute Gasteiger partial charge is 0.273 e. The van der Waals surface area contributed by atoms with Gasteiger partial charge in [0, 0.05) is 13.1 Å². The van der Waals surface area contributed by atoms with Crippen LogP contribution in [0.2, 0.25) is 0 Å². The summed E-state index contributed by atoms with van der Waals surface area (Å²) < 4.78 is 0. The third kappa shape index (κ3) is 3.02. The molecule has 0 N–H and O–H groups in total. The van der Waals surface area contributed by atoms with Gasteiger partial charge in [0.05, 0.1) is 12.2 Å². The highest BCUT2D eigenvalue weighted by molar-refractivity contribution is 5.92. The maximum Gasteiger partial charge on any atom is 0.242 e. The Hall–Kier alpha value is -2.10. The number of hydrogen-bond acceptors (Lipinski definition) is 3. The van der Waals surface area contributed by atoms with Gasteiger partial charge in [0.2, 0.25) is 5.91 Å². The molecule has 0 saturated heterocycles. The second kappa shape index (κ2) is 5.69. The SMILES string of the molecule is CC(=O)N(c1ccc(C(C)C)cc1)N1C=NC=CC1. The van der Waals surface area contributed by atoms with Crippen molar-refractivity contribution < 1.29 is 4.79 Å². The summed E-state index contributed by atoms with van der Waals surface area (Å²) in [5.41, 5.74) is 2.12. The molecule has 0 saturated carbocycles. The van der Waals surface area contributed by atoms with Gasteiger partial charge >= 0.3 is 0 Å². The number of carbonyl (C=O) groups is 1. The van der Waals surface area contributed by atoms with Crippen molar-refractivity contribution in [3.63, 3.8) is 0 Å². The maximum absolute atomic E-state index is 11.9. The van der Waals surface area contributed by atoms with Crippen molar-refractivity contribution in [2.24, 2.45) is 4.99 Å². The summed E-state index contributed by atoms with van der Waals surface area (Å²) in [7, 11) is 0. The number of carbonyl (C=O) groups excluding carboxylic acids is 1. The molecule has 1 aliphatic rings. The molecular formula is C15H19N3O. The predicted octanol–water partition coefficient (Wildman–Crippen LogP) is 2.94. The van der Waals surface area contributed by atoms with Crippen LogP contribution in [0.1, 0.15) is 32.3 Å². The van der Waals surface area contributed by atoms with Crippen LogP contribution >= 0.6 is 0 Å². The zero-order valence-corrected chi connectivity index (χ0v) is 11.6. The van der Waals surface area contributed by atoms with E-state index < -0.39 is 0 Å². The molecule has 0 fully saturated rings. The Labute approximate surface area is 114 Å². The van der Waals surface area contributed by atoms with E-state index in [1.54, 1.807) is 29.5 Å². The second-order valence-electron chi connectivity index (χ2n) is 4.85. The fraction of sp³-hybridized carbons (Fsp3) is 0.333. The van der Waals surface area contributed by atoms with Gasteiger partial charge < -0.3 is 0 Å². The van der Waals surface area contributed by atoms with Crippen LogP contribution in [-0.2, 0) is 4.79 Å². The Kier molecular flexibility index (Phi) is 4.00. The summed E-state index contributed by atoms with van der Waals surface area (Å²) in [6, 6.07) is 8.07. The molecule has 1 aliphatic heterocycles. The van der Waals surface area contributed by atoms with Gasteiger partial charge in [0.15, 0.2) is 0 Å². The summed E-state index contributed by atoms with van der Waals surface area (Å²) in [5, 5.41) is 3.43. The average Bonchev–Trinajstić information content (AvgIpc) is 2.40. The lowest BCUT2D eigenvalue weighted by Gasteiger charge is -2.32. The predicted molar refractivity (Wildman–Crippen MR) is 78.0 cm³/mol. The Morgan fingerprint density at radius 3 is 2.47 bits per heavy atom. The summed E-state index contributed by atoms with van der Waals surface area (Å²) in [5.74, 6) is 0.457. The van der Waals surface area contributed by atoms with Crippen molar-refractivity contribution in [3.8, 4) is 0 Å². The van der Waals surface area contributed by atoms with Gasteiger partial charge in [0.25, 0.3) is 0 Å². The van der Waals surface area contributed by atoms with E-state index in [2.05, 4.69) is 31.0 Å². The first-order chi connectivity index (χ1) is 9.09. The fourth-order valence-corrected chi connectivity index (χ4v) is 2.02. The Bertz CT molecular complexity index is 503. The quantitative estimate of drug-likeness (QED) is 0.834. The van der Waals surface area contributed by atoms with Gasteiger partial charge in [-0.3, -0.25) is 9.80 Å². The number of benzene rings is 1. The third-order valence-corrected chi connectivity index (χ3v) is 3.04. The first kappa shape index (κ1) is 13.3. The molecule has 0 unspecified atom stereocenters. The van der Waals surface area contributed by atoms with E-state index in [4.69, 9.17) is 0 Å². The molecule has 100 valence electrons. The van der Waals surface area contributed by atoms with Crippen molar-refractivity contribution >= 4 is 17.9 Å². The lowest BCUT2D eigenvalue weighted by molar-refractivity contribution is -0.118. The molecule has 0 aliphatic carbocycles.